The van der Waals surface area contributed by atoms with Gasteiger partial charge in [-0.2, -0.15) is 5.26 Å². The zero-order valence-corrected chi connectivity index (χ0v) is 9.82. The van der Waals surface area contributed by atoms with Crippen LogP contribution in [0.15, 0.2) is 12.3 Å². The van der Waals surface area contributed by atoms with E-state index in [9.17, 15) is 0 Å². The van der Waals surface area contributed by atoms with E-state index < -0.39 is 0 Å². The van der Waals surface area contributed by atoms with Crippen LogP contribution in [-0.4, -0.2) is 37.4 Å². The van der Waals surface area contributed by atoms with E-state index in [0.29, 0.717) is 18.1 Å². The Balaban J connectivity index is 0.00000106. The van der Waals surface area contributed by atoms with Crippen LogP contribution in [0.3, 0.4) is 0 Å². The maximum Gasteiger partial charge on any atom is 0.143 e. The van der Waals surface area contributed by atoms with Gasteiger partial charge in [0.2, 0.25) is 0 Å². The molecule has 16 heavy (non-hydrogen) atoms. The van der Waals surface area contributed by atoms with E-state index in [0.717, 1.165) is 19.2 Å². The molecule has 0 saturated heterocycles. The number of nitrogens with one attached hydrogen (secondary N) is 1. The molecule has 0 aliphatic rings. The third kappa shape index (κ3) is 4.73. The number of nitriles is 1. The molecule has 1 heterocycles. The topological polar surface area (TPSA) is 78.2 Å². The number of nitrogens with zero attached hydrogens (tertiary/aromatic N) is 2. The lowest BCUT2D eigenvalue weighted by atomic mass is 10.2. The average molecular weight is 223 g/mol. The van der Waals surface area contributed by atoms with Crippen molar-refractivity contribution in [3.8, 4) is 11.8 Å². The molecule has 0 atom stereocenters. The van der Waals surface area contributed by atoms with Gasteiger partial charge in [0.1, 0.15) is 24.1 Å². The molecule has 0 saturated carbocycles. The molecule has 1 aromatic rings. The first kappa shape index (κ1) is 14.4. The molecule has 0 amide bonds. The fourth-order valence-electron chi connectivity index (χ4n) is 1.02. The second kappa shape index (κ2) is 8.65. The monoisotopic (exact) mass is 223 g/mol. The Morgan fingerprint density at radius 1 is 1.56 bits per heavy atom. The van der Waals surface area contributed by atoms with Crippen molar-refractivity contribution in [1.82, 2.24) is 10.3 Å². The van der Waals surface area contributed by atoms with Gasteiger partial charge in [0.15, 0.2) is 0 Å². The maximum atomic E-state index is 8.66. The Morgan fingerprint density at radius 2 is 2.25 bits per heavy atom. The molecule has 5 nitrogen and oxygen atoms in total. The molecule has 0 aromatic carbocycles. The Kier molecular flexibility index (Phi) is 7.76. The van der Waals surface area contributed by atoms with Crippen molar-refractivity contribution in [3.05, 3.63) is 23.5 Å². The summed E-state index contributed by atoms with van der Waals surface area (Å²) in [7, 11) is 2.87. The van der Waals surface area contributed by atoms with Gasteiger partial charge in [0.05, 0.1) is 6.20 Å². The summed E-state index contributed by atoms with van der Waals surface area (Å²) in [6.07, 6.45) is 1.57. The van der Waals surface area contributed by atoms with Crippen LogP contribution in [0.25, 0.3) is 0 Å². The summed E-state index contributed by atoms with van der Waals surface area (Å²) in [5, 5.41) is 18.6. The number of aromatic nitrogens is 1. The fourth-order valence-corrected chi connectivity index (χ4v) is 1.02. The molecule has 0 spiro atoms. The molecular weight excluding hydrogens is 206 g/mol. The summed E-state index contributed by atoms with van der Waals surface area (Å²) in [5.74, 6) is 0.705. The number of ether oxygens (including phenoxy) is 1. The Morgan fingerprint density at radius 3 is 2.75 bits per heavy atom. The Bertz CT molecular complexity index is 348. The number of pyridine rings is 1. The molecular formula is C11H17N3O2. The molecule has 5 heteroatoms. The summed E-state index contributed by atoms with van der Waals surface area (Å²) in [6, 6.07) is 3.83. The van der Waals surface area contributed by atoms with Crippen molar-refractivity contribution in [3.63, 3.8) is 0 Å². The first-order valence-electron chi connectivity index (χ1n) is 4.87. The van der Waals surface area contributed by atoms with Crippen LogP contribution >= 0.6 is 0 Å². The van der Waals surface area contributed by atoms with E-state index in [-0.39, 0.29) is 0 Å². The van der Waals surface area contributed by atoms with Crippen LogP contribution in [0.4, 0.5) is 0 Å². The maximum absolute atomic E-state index is 8.66. The second-order valence-electron chi connectivity index (χ2n) is 2.90. The highest BCUT2D eigenvalue weighted by Crippen LogP contribution is 2.13. The van der Waals surface area contributed by atoms with Crippen LogP contribution in [0.1, 0.15) is 11.3 Å². The summed E-state index contributed by atoms with van der Waals surface area (Å²) in [5.41, 5.74) is 1.29. The van der Waals surface area contributed by atoms with Gasteiger partial charge in [-0.25, -0.2) is 4.98 Å². The Labute approximate surface area is 95.7 Å². The average Bonchev–Trinajstić information content (AvgIpc) is 2.32. The first-order chi connectivity index (χ1) is 7.77. The summed E-state index contributed by atoms with van der Waals surface area (Å²) in [6.45, 7) is 3.24. The van der Waals surface area contributed by atoms with Gasteiger partial charge >= 0.3 is 0 Å². The van der Waals surface area contributed by atoms with E-state index in [1.807, 2.05) is 26.1 Å². The predicted molar refractivity (Wildman–Crippen MR) is 61.3 cm³/mol. The zero-order valence-electron chi connectivity index (χ0n) is 9.82. The van der Waals surface area contributed by atoms with Crippen molar-refractivity contribution in [2.75, 3.05) is 27.3 Å². The van der Waals surface area contributed by atoms with Crippen LogP contribution in [0, 0.1) is 18.3 Å². The van der Waals surface area contributed by atoms with E-state index in [2.05, 4.69) is 10.3 Å². The largest absolute Gasteiger partial charge is 0.491 e. The number of aliphatic hydroxyl groups is 1. The van der Waals surface area contributed by atoms with Crippen molar-refractivity contribution >= 4 is 0 Å². The van der Waals surface area contributed by atoms with Gasteiger partial charge in [-0.1, -0.05) is 0 Å². The van der Waals surface area contributed by atoms with E-state index >= 15 is 0 Å². The third-order valence-electron chi connectivity index (χ3n) is 1.78. The lowest BCUT2D eigenvalue weighted by Gasteiger charge is -2.06. The van der Waals surface area contributed by atoms with Crippen LogP contribution < -0.4 is 10.1 Å². The molecule has 0 unspecified atom stereocenters. The minimum Gasteiger partial charge on any atom is -0.491 e. The van der Waals surface area contributed by atoms with Gasteiger partial charge in [-0.3, -0.25) is 0 Å². The number of rotatable bonds is 4. The SMILES string of the molecule is CNCCOc1cnc(C#N)c(C)c1.CO. The van der Waals surface area contributed by atoms with Crippen molar-refractivity contribution < 1.29 is 9.84 Å². The standard InChI is InChI=1S/C10H13N3O.CH4O/c1-8-5-9(14-4-3-12-2)7-13-10(8)6-11;1-2/h5,7,12H,3-4H2,1-2H3;2H,1H3. The van der Waals surface area contributed by atoms with Crippen LogP contribution in [0.2, 0.25) is 0 Å². The zero-order chi connectivity index (χ0) is 12.4. The van der Waals surface area contributed by atoms with E-state index in [4.69, 9.17) is 15.1 Å². The minimum atomic E-state index is 0.450. The predicted octanol–water partition coefficient (Wildman–Crippen LogP) is 0.468. The van der Waals surface area contributed by atoms with Crippen molar-refractivity contribution in [1.29, 1.82) is 5.26 Å². The van der Waals surface area contributed by atoms with Crippen LogP contribution in [0.5, 0.6) is 5.75 Å². The molecule has 0 radical (unpaired) electrons. The number of hydrogen-bond acceptors (Lipinski definition) is 5. The number of hydrogen-bond donors (Lipinski definition) is 2. The van der Waals surface area contributed by atoms with Gasteiger partial charge in [-0.05, 0) is 25.6 Å². The van der Waals surface area contributed by atoms with Gasteiger partial charge in [0, 0.05) is 13.7 Å². The summed E-state index contributed by atoms with van der Waals surface area (Å²) in [4.78, 5) is 3.97. The lowest BCUT2D eigenvalue weighted by Crippen LogP contribution is -2.16. The molecule has 0 fully saturated rings. The first-order valence-corrected chi connectivity index (χ1v) is 4.87. The highest BCUT2D eigenvalue weighted by molar-refractivity contribution is 5.35. The number of likely N-dealkylation sites (N-methyl/N-ethyl adjacent to an activating group) is 1. The number of aryl methyl sites for hydroxylation is 1. The highest BCUT2D eigenvalue weighted by Gasteiger charge is 2.00. The molecule has 1 aromatic heterocycles. The van der Waals surface area contributed by atoms with Gasteiger partial charge in [0.25, 0.3) is 0 Å². The van der Waals surface area contributed by atoms with Crippen molar-refractivity contribution in [2.24, 2.45) is 0 Å². The third-order valence-corrected chi connectivity index (χ3v) is 1.78. The minimum absolute atomic E-state index is 0.450. The van der Waals surface area contributed by atoms with Crippen molar-refractivity contribution in [2.45, 2.75) is 6.92 Å². The smallest absolute Gasteiger partial charge is 0.143 e. The summed E-state index contributed by atoms with van der Waals surface area (Å²) >= 11 is 0. The summed E-state index contributed by atoms with van der Waals surface area (Å²) < 4.78 is 5.39. The lowest BCUT2D eigenvalue weighted by molar-refractivity contribution is 0.317. The highest BCUT2D eigenvalue weighted by atomic mass is 16.5. The fraction of sp³-hybridized carbons (Fsp3) is 0.455. The van der Waals surface area contributed by atoms with Gasteiger partial charge in [-0.15, -0.1) is 0 Å². The number of aliphatic hydroxyl groups excluding tert-OH is 1. The Hall–Kier alpha value is -1.64. The van der Waals surface area contributed by atoms with E-state index in [1.165, 1.54) is 0 Å². The molecule has 0 bridgehead atoms. The molecule has 0 aliphatic heterocycles. The quantitative estimate of drug-likeness (QED) is 0.725. The normalized spacial score (nSPS) is 8.69. The molecule has 1 rings (SSSR count). The van der Waals surface area contributed by atoms with Gasteiger partial charge < -0.3 is 15.2 Å². The molecule has 2 N–H and O–H groups in total. The molecule has 88 valence electrons. The molecule has 0 aliphatic carbocycles. The van der Waals surface area contributed by atoms with Crippen LogP contribution in [-0.2, 0) is 0 Å². The van der Waals surface area contributed by atoms with E-state index in [1.54, 1.807) is 6.20 Å². The second-order valence-corrected chi connectivity index (χ2v) is 2.90.